The third-order valence-corrected chi connectivity index (χ3v) is 6.40. The number of benzene rings is 2. The molecular formula is C23H28ClN3O. The molecule has 0 amide bonds. The number of rotatable bonds is 5. The van der Waals surface area contributed by atoms with Gasteiger partial charge in [-0.2, -0.15) is 0 Å². The minimum atomic E-state index is 0.153. The molecule has 0 radical (unpaired) electrons. The molecule has 0 saturated carbocycles. The molecule has 5 heteroatoms. The lowest BCUT2D eigenvalue weighted by atomic mass is 10.1. The first-order chi connectivity index (χ1) is 13.5. The fourth-order valence-electron chi connectivity index (χ4n) is 4.37. The van der Waals surface area contributed by atoms with Crippen LogP contribution in [0.15, 0.2) is 36.4 Å². The lowest BCUT2D eigenvalue weighted by Gasteiger charge is -2.29. The molecule has 1 fully saturated rings. The molecule has 2 atom stereocenters. The van der Waals surface area contributed by atoms with Gasteiger partial charge >= 0.3 is 0 Å². The van der Waals surface area contributed by atoms with Crippen molar-refractivity contribution in [3.8, 4) is 0 Å². The zero-order valence-corrected chi connectivity index (χ0v) is 17.6. The van der Waals surface area contributed by atoms with Crippen LogP contribution in [0.5, 0.6) is 0 Å². The van der Waals surface area contributed by atoms with Crippen molar-refractivity contribution in [2.24, 2.45) is 0 Å². The van der Waals surface area contributed by atoms with Crippen molar-refractivity contribution < 1.29 is 5.11 Å². The van der Waals surface area contributed by atoms with E-state index >= 15 is 0 Å². The standard InChI is InChI=1S/C23H28ClN3O/c1-15-11-21-22(12-16(15)2)27(13-18-6-8-19(24)9-7-18)23(25-21)17(3)26-10-4-5-20(26)14-28/h6-9,11-12,17,20,28H,4-5,10,13-14H2,1-3H3/t17-,20+/m1/s1. The van der Waals surface area contributed by atoms with Crippen molar-refractivity contribution in [1.29, 1.82) is 0 Å². The van der Waals surface area contributed by atoms with E-state index < -0.39 is 0 Å². The summed E-state index contributed by atoms with van der Waals surface area (Å²) in [6.07, 6.45) is 2.18. The number of aryl methyl sites for hydroxylation is 2. The van der Waals surface area contributed by atoms with Gasteiger partial charge in [-0.15, -0.1) is 0 Å². The summed E-state index contributed by atoms with van der Waals surface area (Å²) in [4.78, 5) is 7.46. The Balaban J connectivity index is 1.81. The zero-order valence-electron chi connectivity index (χ0n) is 16.8. The molecule has 28 heavy (non-hydrogen) atoms. The predicted octanol–water partition coefficient (Wildman–Crippen LogP) is 4.87. The van der Waals surface area contributed by atoms with Crippen LogP contribution in [0, 0.1) is 13.8 Å². The molecule has 4 nitrogen and oxygen atoms in total. The lowest BCUT2D eigenvalue weighted by Crippen LogP contribution is -2.35. The van der Waals surface area contributed by atoms with Crippen LogP contribution in [0.4, 0.5) is 0 Å². The number of aliphatic hydroxyl groups excluding tert-OH is 1. The Morgan fingerprint density at radius 3 is 2.61 bits per heavy atom. The predicted molar refractivity (Wildman–Crippen MR) is 115 cm³/mol. The number of hydrogen-bond acceptors (Lipinski definition) is 3. The highest BCUT2D eigenvalue weighted by molar-refractivity contribution is 6.30. The van der Waals surface area contributed by atoms with Crippen molar-refractivity contribution in [1.82, 2.24) is 14.5 Å². The van der Waals surface area contributed by atoms with Crippen LogP contribution >= 0.6 is 11.6 Å². The molecule has 4 rings (SSSR count). The normalized spacial score (nSPS) is 18.8. The highest BCUT2D eigenvalue weighted by Gasteiger charge is 2.31. The molecule has 0 spiro atoms. The van der Waals surface area contributed by atoms with Crippen molar-refractivity contribution >= 4 is 22.6 Å². The molecule has 0 unspecified atom stereocenters. The van der Waals surface area contributed by atoms with Gasteiger partial charge in [0.15, 0.2) is 0 Å². The monoisotopic (exact) mass is 397 g/mol. The van der Waals surface area contributed by atoms with Crippen LogP contribution in [0.3, 0.4) is 0 Å². The van der Waals surface area contributed by atoms with Crippen molar-refractivity contribution in [3.63, 3.8) is 0 Å². The maximum atomic E-state index is 9.79. The van der Waals surface area contributed by atoms with E-state index in [0.29, 0.717) is 0 Å². The zero-order chi connectivity index (χ0) is 19.8. The van der Waals surface area contributed by atoms with Gasteiger partial charge in [-0.25, -0.2) is 4.98 Å². The number of aromatic nitrogens is 2. The van der Waals surface area contributed by atoms with E-state index in [1.165, 1.54) is 22.2 Å². The molecule has 0 bridgehead atoms. The molecule has 1 saturated heterocycles. The maximum absolute atomic E-state index is 9.79. The molecule has 1 aliphatic heterocycles. The molecule has 3 aromatic rings. The Morgan fingerprint density at radius 1 is 1.18 bits per heavy atom. The number of halogens is 1. The third kappa shape index (κ3) is 3.57. The summed E-state index contributed by atoms with van der Waals surface area (Å²) >= 11 is 6.08. The Kier molecular flexibility index (Phi) is 5.46. The van der Waals surface area contributed by atoms with E-state index in [9.17, 15) is 5.11 Å². The number of imidazole rings is 1. The van der Waals surface area contributed by atoms with Crippen LogP contribution in [-0.2, 0) is 6.54 Å². The summed E-state index contributed by atoms with van der Waals surface area (Å²) in [5.74, 6) is 1.07. The van der Waals surface area contributed by atoms with Gasteiger partial charge in [0.05, 0.1) is 23.7 Å². The number of fused-ring (bicyclic) bond motifs is 1. The second-order valence-electron chi connectivity index (χ2n) is 8.00. The highest BCUT2D eigenvalue weighted by atomic mass is 35.5. The van der Waals surface area contributed by atoms with Crippen LogP contribution in [0.2, 0.25) is 5.02 Å². The van der Waals surface area contributed by atoms with E-state index in [1.54, 1.807) is 0 Å². The second-order valence-corrected chi connectivity index (χ2v) is 8.44. The first-order valence-electron chi connectivity index (χ1n) is 10.1. The minimum Gasteiger partial charge on any atom is -0.395 e. The Labute approximate surface area is 171 Å². The SMILES string of the molecule is Cc1cc2nc([C@@H](C)N3CCC[C@H]3CO)n(Cc3ccc(Cl)cc3)c2cc1C. The quantitative estimate of drug-likeness (QED) is 0.667. The van der Waals surface area contributed by atoms with E-state index in [1.807, 2.05) is 12.1 Å². The molecule has 0 aliphatic carbocycles. The number of nitrogens with zero attached hydrogens (tertiary/aromatic N) is 3. The average molecular weight is 398 g/mol. The molecular weight excluding hydrogens is 370 g/mol. The third-order valence-electron chi connectivity index (χ3n) is 6.15. The van der Waals surface area contributed by atoms with Crippen LogP contribution < -0.4 is 0 Å². The molecule has 1 aliphatic rings. The second kappa shape index (κ2) is 7.86. The highest BCUT2D eigenvalue weighted by Crippen LogP contribution is 2.32. The van der Waals surface area contributed by atoms with Crippen LogP contribution in [0.1, 0.15) is 48.3 Å². The van der Waals surface area contributed by atoms with E-state index in [-0.39, 0.29) is 18.7 Å². The average Bonchev–Trinajstić information content (AvgIpc) is 3.29. The van der Waals surface area contributed by atoms with Gasteiger partial charge in [0, 0.05) is 17.6 Å². The summed E-state index contributed by atoms with van der Waals surface area (Å²) in [6, 6.07) is 12.9. The number of hydrogen-bond donors (Lipinski definition) is 1. The smallest absolute Gasteiger partial charge is 0.127 e. The van der Waals surface area contributed by atoms with Gasteiger partial charge in [0.2, 0.25) is 0 Å². The molecule has 2 aromatic carbocycles. The first-order valence-corrected chi connectivity index (χ1v) is 10.4. The summed E-state index contributed by atoms with van der Waals surface area (Å²) < 4.78 is 2.34. The van der Waals surface area contributed by atoms with E-state index in [4.69, 9.17) is 16.6 Å². The van der Waals surface area contributed by atoms with Crippen molar-refractivity contribution in [2.75, 3.05) is 13.2 Å². The largest absolute Gasteiger partial charge is 0.395 e. The number of aliphatic hydroxyl groups is 1. The molecule has 148 valence electrons. The van der Waals surface area contributed by atoms with Crippen LogP contribution in [-0.4, -0.2) is 38.8 Å². The summed E-state index contributed by atoms with van der Waals surface area (Å²) in [5.41, 5.74) is 5.95. The van der Waals surface area contributed by atoms with Gasteiger partial charge in [0.1, 0.15) is 5.82 Å². The van der Waals surface area contributed by atoms with Crippen molar-refractivity contribution in [2.45, 2.75) is 52.2 Å². The van der Waals surface area contributed by atoms with E-state index in [2.05, 4.69) is 54.5 Å². The Bertz CT molecular complexity index is 980. The summed E-state index contributed by atoms with van der Waals surface area (Å²) in [6.45, 7) is 8.48. The van der Waals surface area contributed by atoms with Crippen LogP contribution in [0.25, 0.3) is 11.0 Å². The summed E-state index contributed by atoms with van der Waals surface area (Å²) in [7, 11) is 0. The van der Waals surface area contributed by atoms with Gasteiger partial charge in [-0.3, -0.25) is 4.90 Å². The van der Waals surface area contributed by atoms with Crippen molar-refractivity contribution in [3.05, 3.63) is 63.9 Å². The molecule has 1 aromatic heterocycles. The molecule has 2 heterocycles. The lowest BCUT2D eigenvalue weighted by molar-refractivity contribution is 0.121. The fraction of sp³-hybridized carbons (Fsp3) is 0.435. The van der Waals surface area contributed by atoms with Gasteiger partial charge < -0.3 is 9.67 Å². The Hall–Kier alpha value is -1.88. The topological polar surface area (TPSA) is 41.3 Å². The minimum absolute atomic E-state index is 0.153. The number of likely N-dealkylation sites (tertiary alicyclic amines) is 1. The maximum Gasteiger partial charge on any atom is 0.127 e. The van der Waals surface area contributed by atoms with Gasteiger partial charge in [-0.05, 0) is 81.1 Å². The summed E-state index contributed by atoms with van der Waals surface area (Å²) in [5, 5.41) is 10.5. The van der Waals surface area contributed by atoms with E-state index in [0.717, 1.165) is 42.3 Å². The first kappa shape index (κ1) is 19.4. The van der Waals surface area contributed by atoms with Gasteiger partial charge in [0.25, 0.3) is 0 Å². The van der Waals surface area contributed by atoms with Gasteiger partial charge in [-0.1, -0.05) is 23.7 Å². The Morgan fingerprint density at radius 2 is 1.89 bits per heavy atom. The fourth-order valence-corrected chi connectivity index (χ4v) is 4.49. The molecule has 1 N–H and O–H groups in total.